The molecule has 1 heterocycles. The monoisotopic (exact) mass is 278 g/mol. The Kier molecular flexibility index (Phi) is 3.89. The Morgan fingerprint density at radius 2 is 2.30 bits per heavy atom. The summed E-state index contributed by atoms with van der Waals surface area (Å²) in [6.07, 6.45) is 1.62. The zero-order valence-corrected chi connectivity index (χ0v) is 10.1. The van der Waals surface area contributed by atoms with E-state index < -0.39 is 10.9 Å². The van der Waals surface area contributed by atoms with Gasteiger partial charge in [-0.05, 0) is 12.1 Å². The van der Waals surface area contributed by atoms with E-state index >= 15 is 0 Å². The van der Waals surface area contributed by atoms with Crippen molar-refractivity contribution < 1.29 is 19.3 Å². The quantitative estimate of drug-likeness (QED) is 0.597. The van der Waals surface area contributed by atoms with Crippen molar-refractivity contribution in [2.75, 3.05) is 11.9 Å². The maximum Gasteiger partial charge on any atom is 0.335 e. The second kappa shape index (κ2) is 5.78. The standard InChI is InChI=1S/C11H10N4O5/c16-11(17)7-1-2-9(15(18)19)8(5-7)12-4-3-10-13-6-14-20-10/h1-2,5-6,12H,3-4H2,(H,16,17). The minimum atomic E-state index is -1.15. The highest BCUT2D eigenvalue weighted by Crippen LogP contribution is 2.25. The van der Waals surface area contributed by atoms with Crippen molar-refractivity contribution in [2.24, 2.45) is 0 Å². The van der Waals surface area contributed by atoms with E-state index in [1.165, 1.54) is 18.5 Å². The van der Waals surface area contributed by atoms with Gasteiger partial charge in [-0.3, -0.25) is 10.1 Å². The molecule has 0 atom stereocenters. The fourth-order valence-electron chi connectivity index (χ4n) is 1.58. The Bertz CT molecular complexity index is 626. The van der Waals surface area contributed by atoms with Gasteiger partial charge in [-0.1, -0.05) is 5.16 Å². The largest absolute Gasteiger partial charge is 0.478 e. The number of nitro groups is 1. The average Bonchev–Trinajstić information content (AvgIpc) is 2.91. The average molecular weight is 278 g/mol. The molecule has 0 fully saturated rings. The lowest BCUT2D eigenvalue weighted by atomic mass is 10.1. The lowest BCUT2D eigenvalue weighted by molar-refractivity contribution is -0.384. The number of aromatic carboxylic acids is 1. The second-order valence-electron chi connectivity index (χ2n) is 3.81. The topological polar surface area (TPSA) is 131 Å². The number of nitro benzene ring substituents is 1. The molecule has 9 nitrogen and oxygen atoms in total. The molecule has 1 aromatic carbocycles. The summed E-state index contributed by atoms with van der Waals surface area (Å²) in [5.74, 6) is -0.769. The fourth-order valence-corrected chi connectivity index (χ4v) is 1.58. The first-order valence-electron chi connectivity index (χ1n) is 5.59. The fraction of sp³-hybridized carbons (Fsp3) is 0.182. The van der Waals surface area contributed by atoms with E-state index in [0.717, 1.165) is 6.07 Å². The van der Waals surface area contributed by atoms with Crippen LogP contribution in [0.25, 0.3) is 0 Å². The minimum Gasteiger partial charge on any atom is -0.478 e. The molecule has 0 unspecified atom stereocenters. The summed E-state index contributed by atoms with van der Waals surface area (Å²) in [7, 11) is 0. The van der Waals surface area contributed by atoms with Crippen molar-refractivity contribution in [3.8, 4) is 0 Å². The Morgan fingerprint density at radius 3 is 2.90 bits per heavy atom. The van der Waals surface area contributed by atoms with Crippen molar-refractivity contribution in [2.45, 2.75) is 6.42 Å². The molecule has 0 aliphatic carbocycles. The summed E-state index contributed by atoms with van der Waals surface area (Å²) in [5.41, 5.74) is -0.0918. The summed E-state index contributed by atoms with van der Waals surface area (Å²) in [5, 5.41) is 26.0. The second-order valence-corrected chi connectivity index (χ2v) is 3.81. The normalized spacial score (nSPS) is 10.2. The molecule has 2 N–H and O–H groups in total. The van der Waals surface area contributed by atoms with Gasteiger partial charge in [-0.25, -0.2) is 4.79 Å². The van der Waals surface area contributed by atoms with Gasteiger partial charge in [-0.2, -0.15) is 4.98 Å². The van der Waals surface area contributed by atoms with Crippen LogP contribution >= 0.6 is 0 Å². The molecule has 2 rings (SSSR count). The number of aromatic nitrogens is 2. The molecular formula is C11H10N4O5. The van der Waals surface area contributed by atoms with Crippen LogP contribution in [0, 0.1) is 10.1 Å². The van der Waals surface area contributed by atoms with E-state index in [9.17, 15) is 14.9 Å². The number of carboxylic acid groups (broad SMARTS) is 1. The van der Waals surface area contributed by atoms with Gasteiger partial charge in [0.25, 0.3) is 5.69 Å². The summed E-state index contributed by atoms with van der Waals surface area (Å²) in [4.78, 5) is 25.0. The highest BCUT2D eigenvalue weighted by molar-refractivity contribution is 5.90. The third kappa shape index (κ3) is 3.07. The number of anilines is 1. The van der Waals surface area contributed by atoms with Crippen LogP contribution in [0.2, 0.25) is 0 Å². The first-order chi connectivity index (χ1) is 9.58. The molecule has 9 heteroatoms. The molecule has 0 amide bonds. The van der Waals surface area contributed by atoms with Gasteiger partial charge in [0.2, 0.25) is 5.89 Å². The van der Waals surface area contributed by atoms with Gasteiger partial charge in [0, 0.05) is 19.0 Å². The van der Waals surface area contributed by atoms with E-state index in [1.54, 1.807) is 0 Å². The molecule has 0 radical (unpaired) electrons. The van der Waals surface area contributed by atoms with Crippen molar-refractivity contribution in [1.29, 1.82) is 0 Å². The summed E-state index contributed by atoms with van der Waals surface area (Å²) < 4.78 is 4.78. The zero-order valence-electron chi connectivity index (χ0n) is 10.1. The van der Waals surface area contributed by atoms with Crippen LogP contribution in [0.5, 0.6) is 0 Å². The van der Waals surface area contributed by atoms with Gasteiger partial charge in [0.05, 0.1) is 10.5 Å². The molecule has 0 bridgehead atoms. The predicted octanol–water partition coefficient (Wildman–Crippen LogP) is 1.33. The van der Waals surface area contributed by atoms with Gasteiger partial charge >= 0.3 is 5.97 Å². The number of rotatable bonds is 6. The zero-order chi connectivity index (χ0) is 14.5. The molecule has 104 valence electrons. The van der Waals surface area contributed by atoms with Crippen molar-refractivity contribution in [3.05, 3.63) is 46.1 Å². The number of carbonyl (C=O) groups is 1. The molecule has 0 aliphatic rings. The van der Waals surface area contributed by atoms with E-state index in [2.05, 4.69) is 15.5 Å². The number of carboxylic acids is 1. The van der Waals surface area contributed by atoms with Crippen LogP contribution in [0.15, 0.2) is 29.0 Å². The maximum atomic E-state index is 10.9. The number of hydrogen-bond acceptors (Lipinski definition) is 7. The molecule has 2 aromatic rings. The smallest absolute Gasteiger partial charge is 0.335 e. The van der Waals surface area contributed by atoms with Crippen LogP contribution in [0.1, 0.15) is 16.2 Å². The van der Waals surface area contributed by atoms with Crippen molar-refractivity contribution in [3.63, 3.8) is 0 Å². The van der Waals surface area contributed by atoms with Crippen molar-refractivity contribution in [1.82, 2.24) is 10.1 Å². The minimum absolute atomic E-state index is 0.0316. The van der Waals surface area contributed by atoms with E-state index in [0.29, 0.717) is 18.9 Å². The Morgan fingerprint density at radius 1 is 1.50 bits per heavy atom. The molecule has 0 spiro atoms. The first-order valence-corrected chi connectivity index (χ1v) is 5.59. The SMILES string of the molecule is O=C(O)c1ccc([N+](=O)[O-])c(NCCc2ncno2)c1. The van der Waals surface area contributed by atoms with Gasteiger partial charge in [-0.15, -0.1) is 0 Å². The lowest BCUT2D eigenvalue weighted by Gasteiger charge is -2.06. The Labute approximate surface area is 112 Å². The van der Waals surface area contributed by atoms with Gasteiger partial charge in [0.1, 0.15) is 5.69 Å². The molecule has 1 aromatic heterocycles. The third-order valence-corrected chi connectivity index (χ3v) is 2.50. The molecule has 0 aliphatic heterocycles. The van der Waals surface area contributed by atoms with E-state index in [1.807, 2.05) is 0 Å². The number of benzene rings is 1. The maximum absolute atomic E-state index is 10.9. The molecule has 20 heavy (non-hydrogen) atoms. The van der Waals surface area contributed by atoms with Crippen LogP contribution < -0.4 is 5.32 Å². The van der Waals surface area contributed by atoms with Crippen LogP contribution in [-0.4, -0.2) is 32.7 Å². The number of hydrogen-bond donors (Lipinski definition) is 2. The third-order valence-electron chi connectivity index (χ3n) is 2.50. The van der Waals surface area contributed by atoms with Crippen LogP contribution in [0.4, 0.5) is 11.4 Å². The van der Waals surface area contributed by atoms with Crippen molar-refractivity contribution >= 4 is 17.3 Å². The van der Waals surface area contributed by atoms with Crippen LogP contribution in [-0.2, 0) is 6.42 Å². The van der Waals surface area contributed by atoms with Crippen LogP contribution in [0.3, 0.4) is 0 Å². The molecule has 0 saturated heterocycles. The molecular weight excluding hydrogens is 268 g/mol. The Hall–Kier alpha value is -2.97. The van der Waals surface area contributed by atoms with Gasteiger partial charge < -0.3 is 14.9 Å². The predicted molar refractivity (Wildman–Crippen MR) is 66.5 cm³/mol. The highest BCUT2D eigenvalue weighted by atomic mass is 16.6. The highest BCUT2D eigenvalue weighted by Gasteiger charge is 2.16. The Balaban J connectivity index is 2.13. The first kappa shape index (κ1) is 13.5. The van der Waals surface area contributed by atoms with E-state index in [-0.39, 0.29) is 16.9 Å². The van der Waals surface area contributed by atoms with E-state index in [4.69, 9.17) is 9.63 Å². The summed E-state index contributed by atoms with van der Waals surface area (Å²) >= 11 is 0. The lowest BCUT2D eigenvalue weighted by Crippen LogP contribution is -2.08. The number of nitrogens with one attached hydrogen (secondary N) is 1. The van der Waals surface area contributed by atoms with Gasteiger partial charge in [0.15, 0.2) is 6.33 Å². The number of nitrogens with zero attached hydrogens (tertiary/aromatic N) is 3. The molecule has 0 saturated carbocycles. The summed E-state index contributed by atoms with van der Waals surface area (Å²) in [6.45, 7) is 0.298. The summed E-state index contributed by atoms with van der Waals surface area (Å²) in [6, 6.07) is 3.55.